The molecule has 0 fully saturated rings. The third-order valence-electron chi connectivity index (χ3n) is 4.47. The molecule has 8 nitrogen and oxygen atoms in total. The van der Waals surface area contributed by atoms with Crippen LogP contribution in [0, 0.1) is 6.92 Å². The minimum absolute atomic E-state index is 0.124. The number of aliphatic hydroxyl groups excluding tert-OH is 1. The lowest BCUT2D eigenvalue weighted by atomic mass is 9.76. The molecule has 1 aliphatic heterocycles. The Bertz CT molecular complexity index is 815. The van der Waals surface area contributed by atoms with E-state index < -0.39 is 13.0 Å². The minimum Gasteiger partial charge on any atom is -0.437 e. The van der Waals surface area contributed by atoms with Gasteiger partial charge in [0.25, 0.3) is 5.91 Å². The van der Waals surface area contributed by atoms with Crippen molar-refractivity contribution in [1.29, 1.82) is 0 Å². The van der Waals surface area contributed by atoms with Gasteiger partial charge < -0.3 is 24.8 Å². The lowest BCUT2D eigenvalue weighted by Crippen LogP contribution is -2.37. The van der Waals surface area contributed by atoms with Crippen LogP contribution in [0.1, 0.15) is 41.4 Å². The molecular weight excluding hydrogens is 349 g/mol. The predicted octanol–water partition coefficient (Wildman–Crippen LogP) is 0.686. The van der Waals surface area contributed by atoms with Crippen molar-refractivity contribution in [2.45, 2.75) is 39.3 Å². The van der Waals surface area contributed by atoms with Gasteiger partial charge >= 0.3 is 7.12 Å². The van der Waals surface area contributed by atoms with E-state index >= 15 is 0 Å². The summed E-state index contributed by atoms with van der Waals surface area (Å²) in [4.78, 5) is 20.4. The lowest BCUT2D eigenvalue weighted by molar-refractivity contribution is 0.0907. The number of rotatable bonds is 7. The number of ether oxygens (including phenoxy) is 1. The fourth-order valence-corrected chi connectivity index (χ4v) is 3.01. The van der Waals surface area contributed by atoms with Gasteiger partial charge in [-0.3, -0.25) is 4.79 Å². The molecule has 0 bridgehead atoms. The largest absolute Gasteiger partial charge is 0.492 e. The second-order valence-electron chi connectivity index (χ2n) is 6.41. The normalized spacial score (nSPS) is 14.0. The number of aliphatic hydroxyl groups is 1. The average Bonchev–Trinajstić information content (AvgIpc) is 3.05. The SMILES string of the molecule is CCC[C@@H](CO)NC(=O)c1cnc(Oc2ccc3c(c2C)B(O)OC3)cn1. The van der Waals surface area contributed by atoms with Crippen molar-refractivity contribution in [2.75, 3.05) is 6.61 Å². The van der Waals surface area contributed by atoms with Crippen LogP contribution in [0.5, 0.6) is 11.6 Å². The van der Waals surface area contributed by atoms with Gasteiger partial charge in [-0.1, -0.05) is 19.4 Å². The summed E-state index contributed by atoms with van der Waals surface area (Å²) >= 11 is 0. The zero-order valence-electron chi connectivity index (χ0n) is 15.3. The summed E-state index contributed by atoms with van der Waals surface area (Å²) in [5.41, 5.74) is 2.55. The third kappa shape index (κ3) is 4.27. The number of benzene rings is 1. The van der Waals surface area contributed by atoms with Crippen molar-refractivity contribution in [3.05, 3.63) is 41.3 Å². The second kappa shape index (κ2) is 8.47. The second-order valence-corrected chi connectivity index (χ2v) is 6.41. The molecule has 0 saturated heterocycles. The van der Waals surface area contributed by atoms with E-state index in [1.165, 1.54) is 12.4 Å². The van der Waals surface area contributed by atoms with Crippen molar-refractivity contribution in [3.8, 4) is 11.6 Å². The highest BCUT2D eigenvalue weighted by Gasteiger charge is 2.30. The molecule has 0 unspecified atom stereocenters. The fourth-order valence-electron chi connectivity index (χ4n) is 3.01. The first-order valence-electron chi connectivity index (χ1n) is 8.87. The Hall–Kier alpha value is -2.49. The molecule has 1 aliphatic rings. The minimum atomic E-state index is -0.955. The highest BCUT2D eigenvalue weighted by Crippen LogP contribution is 2.25. The van der Waals surface area contributed by atoms with Gasteiger partial charge in [0.1, 0.15) is 11.4 Å². The summed E-state index contributed by atoms with van der Waals surface area (Å²) in [6.07, 6.45) is 4.22. The van der Waals surface area contributed by atoms with Gasteiger partial charge in [-0.15, -0.1) is 0 Å². The summed E-state index contributed by atoms with van der Waals surface area (Å²) in [5, 5.41) is 21.9. The Kier molecular flexibility index (Phi) is 6.05. The summed E-state index contributed by atoms with van der Waals surface area (Å²) in [6.45, 7) is 4.06. The Labute approximate surface area is 157 Å². The predicted molar refractivity (Wildman–Crippen MR) is 98.9 cm³/mol. The molecule has 0 radical (unpaired) electrons. The average molecular weight is 371 g/mol. The lowest BCUT2D eigenvalue weighted by Gasteiger charge is -2.15. The summed E-state index contributed by atoms with van der Waals surface area (Å²) in [7, 11) is -0.955. The van der Waals surface area contributed by atoms with Crippen LogP contribution in [0.25, 0.3) is 0 Å². The Morgan fingerprint density at radius 2 is 2.22 bits per heavy atom. The van der Waals surface area contributed by atoms with Crippen LogP contribution in [0.4, 0.5) is 0 Å². The molecule has 1 aromatic carbocycles. The molecule has 1 atom stereocenters. The van der Waals surface area contributed by atoms with Crippen molar-refractivity contribution in [2.24, 2.45) is 0 Å². The van der Waals surface area contributed by atoms with E-state index in [1.807, 2.05) is 19.9 Å². The van der Waals surface area contributed by atoms with Crippen molar-refractivity contribution < 1.29 is 24.3 Å². The van der Waals surface area contributed by atoms with Gasteiger partial charge in [0.05, 0.1) is 31.6 Å². The van der Waals surface area contributed by atoms with Gasteiger partial charge in [0, 0.05) is 0 Å². The van der Waals surface area contributed by atoms with E-state index in [0.717, 1.165) is 17.5 Å². The molecule has 0 aliphatic carbocycles. The highest BCUT2D eigenvalue weighted by atomic mass is 16.5. The number of nitrogens with one attached hydrogen (secondary N) is 1. The van der Waals surface area contributed by atoms with E-state index in [4.69, 9.17) is 9.39 Å². The Morgan fingerprint density at radius 3 is 2.89 bits per heavy atom. The molecular formula is C18H22BN3O5. The van der Waals surface area contributed by atoms with Crippen LogP contribution < -0.4 is 15.5 Å². The number of hydrogen-bond donors (Lipinski definition) is 3. The highest BCUT2D eigenvalue weighted by molar-refractivity contribution is 6.62. The fraction of sp³-hybridized carbons (Fsp3) is 0.389. The van der Waals surface area contributed by atoms with Crippen LogP contribution in [0.3, 0.4) is 0 Å². The molecule has 142 valence electrons. The number of carbonyl (C=O) groups excluding carboxylic acids is 1. The van der Waals surface area contributed by atoms with Gasteiger partial charge in [-0.05, 0) is 36.0 Å². The van der Waals surface area contributed by atoms with Crippen LogP contribution in [0.15, 0.2) is 24.5 Å². The van der Waals surface area contributed by atoms with Crippen LogP contribution in [0.2, 0.25) is 0 Å². The number of amides is 1. The standard InChI is InChI=1S/C18H22BN3O5/c1-3-4-13(9-23)22-18(24)14-7-21-16(8-20-14)27-15-6-5-12-10-26-19(25)17(12)11(15)2/h5-8,13,23,25H,3-4,9-10H2,1-2H3,(H,22,24)/t13-/m0/s1. The molecule has 0 spiro atoms. The molecule has 2 heterocycles. The van der Waals surface area contributed by atoms with Gasteiger partial charge in [-0.2, -0.15) is 0 Å². The molecule has 3 rings (SSSR count). The smallest absolute Gasteiger partial charge is 0.437 e. The molecule has 3 N–H and O–H groups in total. The molecule has 1 amide bonds. The monoisotopic (exact) mass is 371 g/mol. The maximum atomic E-state index is 12.2. The number of nitrogens with zero attached hydrogens (tertiary/aromatic N) is 2. The van der Waals surface area contributed by atoms with E-state index in [-0.39, 0.29) is 24.2 Å². The summed E-state index contributed by atoms with van der Waals surface area (Å²) < 4.78 is 11.0. The maximum Gasteiger partial charge on any atom is 0.492 e. The topological polar surface area (TPSA) is 114 Å². The first-order chi connectivity index (χ1) is 13.0. The first kappa shape index (κ1) is 19.3. The molecule has 27 heavy (non-hydrogen) atoms. The molecule has 9 heteroatoms. The van der Waals surface area contributed by atoms with Gasteiger partial charge in [0.2, 0.25) is 5.88 Å². The van der Waals surface area contributed by atoms with E-state index in [0.29, 0.717) is 24.2 Å². The van der Waals surface area contributed by atoms with Gasteiger partial charge in [0.15, 0.2) is 0 Å². The van der Waals surface area contributed by atoms with Crippen molar-refractivity contribution in [1.82, 2.24) is 15.3 Å². The Morgan fingerprint density at radius 1 is 1.41 bits per heavy atom. The molecule has 0 saturated carbocycles. The van der Waals surface area contributed by atoms with Crippen LogP contribution in [-0.4, -0.2) is 45.8 Å². The summed E-state index contributed by atoms with van der Waals surface area (Å²) in [5.74, 6) is 0.374. The Balaban J connectivity index is 1.70. The van der Waals surface area contributed by atoms with Gasteiger partial charge in [-0.25, -0.2) is 9.97 Å². The number of hydrogen-bond acceptors (Lipinski definition) is 7. The van der Waals surface area contributed by atoms with Crippen LogP contribution >= 0.6 is 0 Å². The van der Waals surface area contributed by atoms with Crippen LogP contribution in [-0.2, 0) is 11.3 Å². The van der Waals surface area contributed by atoms with E-state index in [1.54, 1.807) is 6.07 Å². The number of carbonyl (C=O) groups is 1. The summed E-state index contributed by atoms with van der Waals surface area (Å²) in [6, 6.07) is 3.32. The van der Waals surface area contributed by atoms with Crippen molar-refractivity contribution >= 4 is 18.5 Å². The van der Waals surface area contributed by atoms with Crippen molar-refractivity contribution in [3.63, 3.8) is 0 Å². The quantitative estimate of drug-likeness (QED) is 0.614. The third-order valence-corrected chi connectivity index (χ3v) is 4.47. The maximum absolute atomic E-state index is 12.2. The zero-order chi connectivity index (χ0) is 19.4. The first-order valence-corrected chi connectivity index (χ1v) is 8.87. The number of aromatic nitrogens is 2. The number of fused-ring (bicyclic) bond motifs is 1. The van der Waals surface area contributed by atoms with E-state index in [9.17, 15) is 14.9 Å². The zero-order valence-corrected chi connectivity index (χ0v) is 15.3. The molecule has 1 aromatic heterocycles. The van der Waals surface area contributed by atoms with E-state index in [2.05, 4.69) is 15.3 Å². The molecule has 2 aromatic rings.